The van der Waals surface area contributed by atoms with E-state index in [1.807, 2.05) is 36.2 Å². The molecule has 0 saturated carbocycles. The fourth-order valence-corrected chi connectivity index (χ4v) is 4.30. The monoisotopic (exact) mass is 486 g/mol. The average molecular weight is 487 g/mol. The van der Waals surface area contributed by atoms with Crippen molar-refractivity contribution in [2.24, 2.45) is 0 Å². The first-order valence-corrected chi connectivity index (χ1v) is 10.8. The number of halogens is 1. The summed E-state index contributed by atoms with van der Waals surface area (Å²) in [6, 6.07) is 13.5. The highest BCUT2D eigenvalue weighted by molar-refractivity contribution is 9.10. The zero-order chi connectivity index (χ0) is 22.0. The first-order chi connectivity index (χ1) is 14.9. The van der Waals surface area contributed by atoms with Crippen LogP contribution in [0.4, 0.5) is 4.79 Å². The van der Waals surface area contributed by atoms with Crippen molar-refractivity contribution in [2.45, 2.75) is 12.0 Å². The molecule has 0 bridgehead atoms. The molecule has 2 aromatic carbocycles. The zero-order valence-corrected chi connectivity index (χ0v) is 18.6. The number of amides is 4. The number of barbiturate groups is 1. The number of ether oxygens (including phenoxy) is 1. The van der Waals surface area contributed by atoms with Gasteiger partial charge in [-0.1, -0.05) is 28.1 Å². The van der Waals surface area contributed by atoms with Gasteiger partial charge in [0.1, 0.15) is 11.5 Å². The molecule has 0 unspecified atom stereocenters. The smallest absolute Gasteiger partial charge is 0.328 e. The van der Waals surface area contributed by atoms with Crippen LogP contribution in [0.1, 0.15) is 12.0 Å². The van der Waals surface area contributed by atoms with E-state index < -0.39 is 23.4 Å². The molecular formula is C22H23BrN4O4. The lowest BCUT2D eigenvalue weighted by atomic mass is 9.84. The van der Waals surface area contributed by atoms with E-state index in [1.54, 1.807) is 24.3 Å². The van der Waals surface area contributed by atoms with E-state index in [1.165, 1.54) is 0 Å². The summed E-state index contributed by atoms with van der Waals surface area (Å²) in [5.41, 5.74) is -1.13. The minimum atomic E-state index is -1.62. The molecule has 9 heteroatoms. The van der Waals surface area contributed by atoms with E-state index in [4.69, 9.17) is 4.74 Å². The Hall–Kier alpha value is -2.75. The van der Waals surface area contributed by atoms with Gasteiger partial charge in [-0.25, -0.2) is 4.79 Å². The van der Waals surface area contributed by atoms with Gasteiger partial charge in [0.25, 0.3) is 11.8 Å². The summed E-state index contributed by atoms with van der Waals surface area (Å²) in [7, 11) is 2.01. The van der Waals surface area contributed by atoms with Crippen molar-refractivity contribution >= 4 is 33.8 Å². The van der Waals surface area contributed by atoms with Gasteiger partial charge in [0, 0.05) is 24.1 Å². The van der Waals surface area contributed by atoms with Crippen molar-refractivity contribution in [1.29, 1.82) is 0 Å². The number of benzene rings is 2. The molecule has 2 saturated heterocycles. The molecule has 2 aliphatic heterocycles. The minimum absolute atomic E-state index is 0.489. The van der Waals surface area contributed by atoms with Crippen LogP contribution >= 0.6 is 15.9 Å². The van der Waals surface area contributed by atoms with Gasteiger partial charge in [-0.2, -0.15) is 0 Å². The van der Waals surface area contributed by atoms with Gasteiger partial charge >= 0.3 is 6.03 Å². The van der Waals surface area contributed by atoms with Gasteiger partial charge in [-0.15, -0.1) is 0 Å². The second-order valence-corrected chi connectivity index (χ2v) is 8.59. The van der Waals surface area contributed by atoms with Crippen LogP contribution in [-0.2, 0) is 15.1 Å². The number of nitrogens with one attached hydrogen (secondary N) is 2. The molecule has 8 nitrogen and oxygen atoms in total. The van der Waals surface area contributed by atoms with E-state index in [0.717, 1.165) is 17.4 Å². The van der Waals surface area contributed by atoms with E-state index >= 15 is 0 Å². The van der Waals surface area contributed by atoms with Crippen molar-refractivity contribution in [3.8, 4) is 11.5 Å². The summed E-state index contributed by atoms with van der Waals surface area (Å²) in [6.45, 7) is 2.65. The largest absolute Gasteiger partial charge is 0.457 e. The summed E-state index contributed by atoms with van der Waals surface area (Å²) < 4.78 is 6.81. The number of nitrogens with zero attached hydrogens (tertiary/aromatic N) is 2. The summed E-state index contributed by atoms with van der Waals surface area (Å²) in [5, 5.41) is 4.57. The van der Waals surface area contributed by atoms with Crippen LogP contribution in [0.25, 0.3) is 0 Å². The number of carbonyl (C=O) groups excluding carboxylic acids is 3. The average Bonchev–Trinajstić information content (AvgIpc) is 2.95. The minimum Gasteiger partial charge on any atom is -0.457 e. The van der Waals surface area contributed by atoms with Gasteiger partial charge in [0.2, 0.25) is 5.54 Å². The maximum atomic E-state index is 13.2. The summed E-state index contributed by atoms with van der Waals surface area (Å²) in [6.07, 6.45) is 0.803. The Kier molecular flexibility index (Phi) is 6.08. The molecule has 0 aliphatic carbocycles. The molecule has 2 fully saturated rings. The first kappa shape index (κ1) is 21.5. The molecule has 2 heterocycles. The molecule has 2 aromatic rings. The Morgan fingerprint density at radius 1 is 0.839 bits per heavy atom. The summed E-state index contributed by atoms with van der Waals surface area (Å²) in [5.74, 6) is -0.0238. The molecule has 4 rings (SSSR count). The van der Waals surface area contributed by atoms with E-state index in [9.17, 15) is 14.4 Å². The van der Waals surface area contributed by atoms with Crippen molar-refractivity contribution in [3.63, 3.8) is 0 Å². The van der Waals surface area contributed by atoms with Gasteiger partial charge in [-0.3, -0.25) is 25.1 Å². The molecule has 0 aromatic heterocycles. The third kappa shape index (κ3) is 4.21. The molecule has 4 amide bonds. The van der Waals surface area contributed by atoms with E-state index in [2.05, 4.69) is 31.5 Å². The van der Waals surface area contributed by atoms with Crippen LogP contribution in [0.2, 0.25) is 0 Å². The highest BCUT2D eigenvalue weighted by atomic mass is 79.9. The SMILES string of the molecule is CN1CCCN(C2(c3ccc(Oc4ccc(Br)cc4)cc3)C(=O)NC(=O)NC2=O)CC1. The predicted molar refractivity (Wildman–Crippen MR) is 118 cm³/mol. The Labute approximate surface area is 188 Å². The molecule has 162 valence electrons. The Morgan fingerprint density at radius 3 is 2.03 bits per heavy atom. The van der Waals surface area contributed by atoms with E-state index in [-0.39, 0.29) is 0 Å². The summed E-state index contributed by atoms with van der Waals surface area (Å²) >= 11 is 3.39. The van der Waals surface area contributed by atoms with Crippen molar-refractivity contribution in [1.82, 2.24) is 20.4 Å². The van der Waals surface area contributed by atoms with E-state index in [0.29, 0.717) is 36.7 Å². The number of urea groups is 1. The Morgan fingerprint density at radius 2 is 1.42 bits per heavy atom. The highest BCUT2D eigenvalue weighted by Gasteiger charge is 2.56. The maximum Gasteiger partial charge on any atom is 0.328 e. The summed E-state index contributed by atoms with van der Waals surface area (Å²) in [4.78, 5) is 42.1. The van der Waals surface area contributed by atoms with Crippen LogP contribution in [0, 0.1) is 0 Å². The molecule has 0 spiro atoms. The highest BCUT2D eigenvalue weighted by Crippen LogP contribution is 2.34. The fourth-order valence-electron chi connectivity index (χ4n) is 4.04. The predicted octanol–water partition coefficient (Wildman–Crippen LogP) is 2.44. The van der Waals surface area contributed by atoms with Gasteiger partial charge in [-0.05, 0) is 62.0 Å². The third-order valence-electron chi connectivity index (χ3n) is 5.63. The first-order valence-electron chi connectivity index (χ1n) is 10.0. The fraction of sp³-hybridized carbons (Fsp3) is 0.318. The molecule has 0 atom stereocenters. The van der Waals surface area contributed by atoms with Crippen molar-refractivity contribution in [2.75, 3.05) is 33.2 Å². The van der Waals surface area contributed by atoms with Crippen molar-refractivity contribution in [3.05, 3.63) is 58.6 Å². The lowest BCUT2D eigenvalue weighted by Gasteiger charge is -2.42. The Bertz CT molecular complexity index is 974. The van der Waals surface area contributed by atoms with Gasteiger partial charge in [0.05, 0.1) is 0 Å². The molecular weight excluding hydrogens is 464 g/mol. The number of rotatable bonds is 4. The second kappa shape index (κ2) is 8.78. The standard InChI is InChI=1S/C22H23BrN4O4/c1-26-11-2-12-27(14-13-26)22(19(28)24-21(30)25-20(22)29)15-3-7-17(8-4-15)31-18-9-5-16(23)6-10-18/h3-10H,2,11-14H2,1H3,(H2,24,25,28,29,30). The number of likely N-dealkylation sites (N-methyl/N-ethyl adjacent to an activating group) is 1. The van der Waals surface area contributed by atoms with Crippen LogP contribution in [0.5, 0.6) is 11.5 Å². The number of hydrogen-bond acceptors (Lipinski definition) is 6. The van der Waals surface area contributed by atoms with Gasteiger partial charge in [0.15, 0.2) is 0 Å². The molecule has 0 radical (unpaired) electrons. The lowest BCUT2D eigenvalue weighted by molar-refractivity contribution is -0.148. The van der Waals surface area contributed by atoms with Crippen LogP contribution in [0.15, 0.2) is 53.0 Å². The molecule has 2 aliphatic rings. The zero-order valence-electron chi connectivity index (χ0n) is 17.1. The second-order valence-electron chi connectivity index (χ2n) is 7.67. The Balaban J connectivity index is 1.68. The number of hydrogen-bond donors (Lipinski definition) is 2. The van der Waals surface area contributed by atoms with Crippen molar-refractivity contribution < 1.29 is 19.1 Å². The van der Waals surface area contributed by atoms with Gasteiger partial charge < -0.3 is 9.64 Å². The lowest BCUT2D eigenvalue weighted by Crippen LogP contribution is -2.71. The topological polar surface area (TPSA) is 91.0 Å². The third-order valence-corrected chi connectivity index (χ3v) is 6.16. The van der Waals surface area contributed by atoms with Crippen LogP contribution in [0.3, 0.4) is 0 Å². The maximum absolute atomic E-state index is 13.2. The molecule has 31 heavy (non-hydrogen) atoms. The van der Waals surface area contributed by atoms with Crippen LogP contribution < -0.4 is 15.4 Å². The number of imide groups is 2. The van der Waals surface area contributed by atoms with Crippen LogP contribution in [-0.4, -0.2) is 60.9 Å². The quantitative estimate of drug-likeness (QED) is 0.645. The molecule has 2 N–H and O–H groups in total. The normalized spacial score (nSPS) is 20.0. The number of carbonyl (C=O) groups is 3.